The monoisotopic (exact) mass is 229 g/mol. The first-order chi connectivity index (χ1) is 8.09. The minimum atomic E-state index is -1.05. The molecule has 4 nitrogen and oxygen atoms in total. The fourth-order valence-corrected chi connectivity index (χ4v) is 1.62. The van der Waals surface area contributed by atoms with E-state index in [1.807, 2.05) is 19.1 Å². The summed E-state index contributed by atoms with van der Waals surface area (Å²) in [6, 6.07) is 8.54. The van der Waals surface area contributed by atoms with Crippen LogP contribution in [0.4, 0.5) is 0 Å². The Hall–Kier alpha value is -2.36. The molecular formula is C13H11NO3. The third-order valence-electron chi connectivity index (χ3n) is 2.56. The Morgan fingerprint density at radius 3 is 2.53 bits per heavy atom. The molecule has 17 heavy (non-hydrogen) atoms. The van der Waals surface area contributed by atoms with Gasteiger partial charge in [0.1, 0.15) is 0 Å². The number of carbonyl (C=O) groups is 2. The predicted octanol–water partition coefficient (Wildman–Crippen LogP) is 2.25. The zero-order chi connectivity index (χ0) is 12.4. The maximum atomic E-state index is 12.1. The second-order valence-corrected chi connectivity index (χ2v) is 3.75. The molecule has 1 heterocycles. The van der Waals surface area contributed by atoms with Gasteiger partial charge in [-0.05, 0) is 18.6 Å². The van der Waals surface area contributed by atoms with Crippen LogP contribution >= 0.6 is 0 Å². The molecule has 0 saturated carbocycles. The van der Waals surface area contributed by atoms with Crippen LogP contribution in [0.5, 0.6) is 0 Å². The first-order valence-electron chi connectivity index (χ1n) is 5.11. The molecule has 0 saturated heterocycles. The lowest BCUT2D eigenvalue weighted by Gasteiger charge is -2.01. The van der Waals surface area contributed by atoms with Gasteiger partial charge in [-0.1, -0.05) is 24.3 Å². The Balaban J connectivity index is 2.37. The van der Waals surface area contributed by atoms with E-state index in [9.17, 15) is 9.59 Å². The summed E-state index contributed by atoms with van der Waals surface area (Å²) in [7, 11) is 0. The van der Waals surface area contributed by atoms with Gasteiger partial charge in [-0.25, -0.2) is 4.79 Å². The molecule has 0 aliphatic rings. The van der Waals surface area contributed by atoms with Crippen molar-refractivity contribution in [2.24, 2.45) is 0 Å². The molecule has 0 fully saturated rings. The average molecular weight is 229 g/mol. The number of rotatable bonds is 3. The van der Waals surface area contributed by atoms with Crippen molar-refractivity contribution in [3.8, 4) is 0 Å². The molecular weight excluding hydrogens is 218 g/mol. The van der Waals surface area contributed by atoms with Crippen LogP contribution in [0.25, 0.3) is 0 Å². The van der Waals surface area contributed by atoms with E-state index in [0.717, 1.165) is 5.56 Å². The number of aromatic carboxylic acids is 1. The van der Waals surface area contributed by atoms with Crippen molar-refractivity contribution in [2.75, 3.05) is 0 Å². The van der Waals surface area contributed by atoms with Gasteiger partial charge in [0.2, 0.25) is 5.78 Å². The number of benzene rings is 1. The van der Waals surface area contributed by atoms with E-state index >= 15 is 0 Å². The number of aromatic amines is 1. The lowest BCUT2D eigenvalue weighted by molar-refractivity contribution is 0.0697. The van der Waals surface area contributed by atoms with Gasteiger partial charge in [-0.15, -0.1) is 0 Å². The molecule has 0 spiro atoms. The Labute approximate surface area is 97.9 Å². The Morgan fingerprint density at radius 2 is 1.94 bits per heavy atom. The number of carbonyl (C=O) groups excluding carboxylic acids is 1. The average Bonchev–Trinajstić information content (AvgIpc) is 2.78. The van der Waals surface area contributed by atoms with Crippen LogP contribution in [0.2, 0.25) is 0 Å². The topological polar surface area (TPSA) is 70.2 Å². The number of aryl methyl sites for hydroxylation is 1. The van der Waals surface area contributed by atoms with Gasteiger partial charge in [-0.3, -0.25) is 4.79 Å². The molecule has 1 aromatic heterocycles. The summed E-state index contributed by atoms with van der Waals surface area (Å²) >= 11 is 0. The first-order valence-corrected chi connectivity index (χ1v) is 5.11. The van der Waals surface area contributed by atoms with Crippen molar-refractivity contribution in [3.05, 3.63) is 58.9 Å². The predicted molar refractivity (Wildman–Crippen MR) is 62.4 cm³/mol. The van der Waals surface area contributed by atoms with E-state index in [4.69, 9.17) is 5.11 Å². The highest BCUT2D eigenvalue weighted by Gasteiger charge is 2.15. The number of hydrogen-bond acceptors (Lipinski definition) is 2. The van der Waals surface area contributed by atoms with Crippen molar-refractivity contribution >= 4 is 11.8 Å². The molecule has 0 radical (unpaired) electrons. The summed E-state index contributed by atoms with van der Waals surface area (Å²) in [5.74, 6) is -1.25. The van der Waals surface area contributed by atoms with Crippen LogP contribution in [0.15, 0.2) is 36.5 Å². The minimum Gasteiger partial charge on any atom is -0.478 e. The normalized spacial score (nSPS) is 10.2. The van der Waals surface area contributed by atoms with Crippen molar-refractivity contribution in [3.63, 3.8) is 0 Å². The fraction of sp³-hybridized carbons (Fsp3) is 0.0769. The van der Waals surface area contributed by atoms with E-state index in [1.165, 1.54) is 12.3 Å². The molecule has 0 aliphatic heterocycles. The summed E-state index contributed by atoms with van der Waals surface area (Å²) in [5.41, 5.74) is 1.81. The number of carboxylic acids is 1. The molecule has 2 rings (SSSR count). The van der Waals surface area contributed by atoms with Crippen molar-refractivity contribution in [1.82, 2.24) is 4.98 Å². The molecule has 2 N–H and O–H groups in total. The molecule has 1 aromatic carbocycles. The van der Waals surface area contributed by atoms with Gasteiger partial charge in [0, 0.05) is 11.8 Å². The van der Waals surface area contributed by atoms with E-state index in [-0.39, 0.29) is 17.0 Å². The quantitative estimate of drug-likeness (QED) is 0.793. The van der Waals surface area contributed by atoms with Crippen LogP contribution in [-0.2, 0) is 0 Å². The minimum absolute atomic E-state index is 0.0851. The van der Waals surface area contributed by atoms with Crippen molar-refractivity contribution in [2.45, 2.75) is 6.92 Å². The molecule has 0 unspecified atom stereocenters. The van der Waals surface area contributed by atoms with Gasteiger partial charge in [0.05, 0.1) is 11.3 Å². The van der Waals surface area contributed by atoms with Crippen LogP contribution in [-0.4, -0.2) is 21.8 Å². The summed E-state index contributed by atoms with van der Waals surface area (Å²) in [4.78, 5) is 25.5. The Bertz CT molecular complexity index is 584. The summed E-state index contributed by atoms with van der Waals surface area (Å²) in [6.45, 7) is 1.84. The van der Waals surface area contributed by atoms with Gasteiger partial charge >= 0.3 is 5.97 Å². The van der Waals surface area contributed by atoms with Crippen LogP contribution in [0.1, 0.15) is 32.0 Å². The number of nitrogens with one attached hydrogen (secondary N) is 1. The van der Waals surface area contributed by atoms with Gasteiger partial charge in [-0.2, -0.15) is 0 Å². The Morgan fingerprint density at radius 1 is 1.24 bits per heavy atom. The third-order valence-corrected chi connectivity index (χ3v) is 2.56. The lowest BCUT2D eigenvalue weighted by Crippen LogP contribution is -2.03. The maximum absolute atomic E-state index is 12.1. The molecule has 0 bridgehead atoms. The van der Waals surface area contributed by atoms with E-state index in [1.54, 1.807) is 12.1 Å². The number of H-pyrrole nitrogens is 1. The zero-order valence-electron chi connectivity index (χ0n) is 9.23. The highest BCUT2D eigenvalue weighted by Crippen LogP contribution is 2.14. The number of carboxylic acid groups (broad SMARTS) is 1. The van der Waals surface area contributed by atoms with Crippen LogP contribution < -0.4 is 0 Å². The van der Waals surface area contributed by atoms with E-state index in [2.05, 4.69) is 4.98 Å². The molecule has 0 aliphatic carbocycles. The van der Waals surface area contributed by atoms with Crippen molar-refractivity contribution < 1.29 is 14.7 Å². The number of aromatic nitrogens is 1. The molecule has 0 amide bonds. The summed E-state index contributed by atoms with van der Waals surface area (Å²) in [6.07, 6.45) is 1.31. The fourth-order valence-electron chi connectivity index (χ4n) is 1.62. The number of ketones is 1. The van der Waals surface area contributed by atoms with Crippen LogP contribution in [0.3, 0.4) is 0 Å². The molecule has 2 aromatic rings. The second kappa shape index (κ2) is 4.25. The van der Waals surface area contributed by atoms with Crippen molar-refractivity contribution in [1.29, 1.82) is 0 Å². The maximum Gasteiger partial charge on any atom is 0.337 e. The Kier molecular flexibility index (Phi) is 2.78. The molecule has 86 valence electrons. The smallest absolute Gasteiger partial charge is 0.337 e. The van der Waals surface area contributed by atoms with Gasteiger partial charge < -0.3 is 10.1 Å². The lowest BCUT2D eigenvalue weighted by atomic mass is 10.0. The number of hydrogen-bond donors (Lipinski definition) is 2. The first kappa shape index (κ1) is 11.1. The van der Waals surface area contributed by atoms with E-state index in [0.29, 0.717) is 5.56 Å². The van der Waals surface area contributed by atoms with Crippen LogP contribution in [0, 0.1) is 6.92 Å². The molecule has 0 atom stereocenters. The largest absolute Gasteiger partial charge is 0.478 e. The highest BCUT2D eigenvalue weighted by molar-refractivity contribution is 6.09. The third kappa shape index (κ3) is 2.10. The highest BCUT2D eigenvalue weighted by atomic mass is 16.4. The van der Waals surface area contributed by atoms with Gasteiger partial charge in [0.15, 0.2) is 0 Å². The summed E-state index contributed by atoms with van der Waals surface area (Å²) in [5, 5.41) is 8.77. The zero-order valence-corrected chi connectivity index (χ0v) is 9.23. The SMILES string of the molecule is Cc1ccccc1C(=O)c1cc(C(=O)O)c[nH]1. The molecule has 4 heteroatoms. The van der Waals surface area contributed by atoms with E-state index < -0.39 is 5.97 Å². The second-order valence-electron chi connectivity index (χ2n) is 3.75. The summed E-state index contributed by atoms with van der Waals surface area (Å²) < 4.78 is 0. The standard InChI is InChI=1S/C13H11NO3/c1-8-4-2-3-5-10(8)12(15)11-6-9(7-14-11)13(16)17/h2-7,14H,1H3,(H,16,17). The van der Waals surface area contributed by atoms with Gasteiger partial charge in [0.25, 0.3) is 0 Å².